The van der Waals surface area contributed by atoms with Crippen LogP contribution >= 0.6 is 12.4 Å². The number of nitrogens with one attached hydrogen (secondary N) is 1. The van der Waals surface area contributed by atoms with Gasteiger partial charge in [-0.25, -0.2) is 0 Å². The van der Waals surface area contributed by atoms with E-state index >= 15 is 0 Å². The van der Waals surface area contributed by atoms with E-state index in [2.05, 4.69) is 36.4 Å². The molecule has 1 aromatic heterocycles. The second-order valence-corrected chi connectivity index (χ2v) is 6.59. The number of piperidine rings is 1. The van der Waals surface area contributed by atoms with Crippen LogP contribution in [0.3, 0.4) is 0 Å². The maximum absolute atomic E-state index is 12.5. The summed E-state index contributed by atoms with van der Waals surface area (Å²) in [4.78, 5) is 14.4. The van der Waals surface area contributed by atoms with Gasteiger partial charge in [-0.1, -0.05) is 26.0 Å². The molecule has 1 N–H and O–H groups in total. The molecule has 0 aromatic carbocycles. The van der Waals surface area contributed by atoms with Gasteiger partial charge in [-0.3, -0.25) is 9.48 Å². The number of rotatable bonds is 7. The van der Waals surface area contributed by atoms with Crippen LogP contribution in [0.15, 0.2) is 6.20 Å². The van der Waals surface area contributed by atoms with Crippen LogP contribution in [0, 0.1) is 11.8 Å². The Balaban J connectivity index is 0.00000264. The van der Waals surface area contributed by atoms with Gasteiger partial charge in [0, 0.05) is 19.6 Å². The van der Waals surface area contributed by atoms with Gasteiger partial charge in [-0.05, 0) is 44.2 Å². The van der Waals surface area contributed by atoms with Gasteiger partial charge < -0.3 is 10.2 Å². The first-order valence-electron chi connectivity index (χ1n) is 8.50. The normalized spacial score (nSPS) is 15.7. The number of hydrogen-bond donors (Lipinski definition) is 1. The lowest BCUT2D eigenvalue weighted by Crippen LogP contribution is -2.40. The summed E-state index contributed by atoms with van der Waals surface area (Å²) in [6.45, 7) is 11.0. The zero-order valence-corrected chi connectivity index (χ0v) is 15.3. The number of aryl methyl sites for hydroxylation is 1. The van der Waals surface area contributed by atoms with Gasteiger partial charge in [0.2, 0.25) is 0 Å². The smallest absolute Gasteiger partial charge is 0.276 e. The van der Waals surface area contributed by atoms with Crippen LogP contribution in [0.2, 0.25) is 0 Å². The highest BCUT2D eigenvalue weighted by atomic mass is 35.5. The molecule has 7 heteroatoms. The second-order valence-electron chi connectivity index (χ2n) is 6.59. The van der Waals surface area contributed by atoms with E-state index in [9.17, 15) is 4.79 Å². The van der Waals surface area contributed by atoms with Crippen molar-refractivity contribution in [3.8, 4) is 0 Å². The maximum Gasteiger partial charge on any atom is 0.276 e. The average molecular weight is 344 g/mol. The molecular formula is C16H30ClN5O. The van der Waals surface area contributed by atoms with Crippen molar-refractivity contribution in [2.45, 2.75) is 46.6 Å². The topological polar surface area (TPSA) is 63.1 Å². The monoisotopic (exact) mass is 343 g/mol. The molecule has 2 rings (SSSR count). The quantitative estimate of drug-likeness (QED) is 0.824. The summed E-state index contributed by atoms with van der Waals surface area (Å²) in [5.41, 5.74) is 0.480. The number of amides is 1. The lowest BCUT2D eigenvalue weighted by Gasteiger charge is -2.31. The predicted molar refractivity (Wildman–Crippen MR) is 93.9 cm³/mol. The van der Waals surface area contributed by atoms with E-state index in [-0.39, 0.29) is 18.3 Å². The predicted octanol–water partition coefficient (Wildman–Crippen LogP) is 2.21. The summed E-state index contributed by atoms with van der Waals surface area (Å²) in [6.07, 6.45) is 4.97. The lowest BCUT2D eigenvalue weighted by atomic mass is 9.96. The number of aromatic nitrogens is 3. The van der Waals surface area contributed by atoms with Gasteiger partial charge in [0.15, 0.2) is 5.69 Å². The molecule has 1 saturated heterocycles. The van der Waals surface area contributed by atoms with Gasteiger partial charge in [0.25, 0.3) is 5.91 Å². The minimum Gasteiger partial charge on any atom is -0.337 e. The van der Waals surface area contributed by atoms with Crippen LogP contribution < -0.4 is 5.32 Å². The van der Waals surface area contributed by atoms with Crippen LogP contribution in [0.1, 0.15) is 50.5 Å². The third kappa shape index (κ3) is 6.11. The Kier molecular flexibility index (Phi) is 8.55. The molecule has 1 aliphatic heterocycles. The highest BCUT2D eigenvalue weighted by Crippen LogP contribution is 2.18. The van der Waals surface area contributed by atoms with Crippen molar-refractivity contribution in [2.75, 3.05) is 26.2 Å². The molecule has 0 atom stereocenters. The molecule has 0 spiro atoms. The Bertz CT molecular complexity index is 469. The van der Waals surface area contributed by atoms with Gasteiger partial charge in [-0.2, -0.15) is 0 Å². The Labute approximate surface area is 145 Å². The molecule has 23 heavy (non-hydrogen) atoms. The Morgan fingerprint density at radius 2 is 2.09 bits per heavy atom. The standard InChI is InChI=1S/C16H29N5O.ClH/c1-4-17-11-14-6-8-20(9-7-14)16(22)15-12-21(19-18-15)10-5-13(2)3;/h12-14,17H,4-11H2,1-3H3;1H. The van der Waals surface area contributed by atoms with Gasteiger partial charge >= 0.3 is 0 Å². The molecule has 0 aliphatic carbocycles. The number of likely N-dealkylation sites (tertiary alicyclic amines) is 1. The molecule has 2 heterocycles. The van der Waals surface area contributed by atoms with Crippen LogP contribution in [-0.4, -0.2) is 52.0 Å². The molecule has 1 aromatic rings. The SMILES string of the molecule is CCNCC1CCN(C(=O)c2cn(CCC(C)C)nn2)CC1.Cl. The van der Waals surface area contributed by atoms with Crippen LogP contribution in [0.25, 0.3) is 0 Å². The van der Waals surface area contributed by atoms with Gasteiger partial charge in [-0.15, -0.1) is 17.5 Å². The van der Waals surface area contributed by atoms with Crippen molar-refractivity contribution >= 4 is 18.3 Å². The van der Waals surface area contributed by atoms with Gasteiger partial charge in [0.05, 0.1) is 6.20 Å². The Morgan fingerprint density at radius 3 is 2.70 bits per heavy atom. The fourth-order valence-corrected chi connectivity index (χ4v) is 2.75. The van der Waals surface area contributed by atoms with E-state index in [1.54, 1.807) is 10.9 Å². The molecule has 0 unspecified atom stereocenters. The average Bonchev–Trinajstić information content (AvgIpc) is 2.99. The largest absolute Gasteiger partial charge is 0.337 e. The van der Waals surface area contributed by atoms with Crippen molar-refractivity contribution in [3.05, 3.63) is 11.9 Å². The zero-order chi connectivity index (χ0) is 15.9. The zero-order valence-electron chi connectivity index (χ0n) is 14.5. The summed E-state index contributed by atoms with van der Waals surface area (Å²) >= 11 is 0. The third-order valence-electron chi connectivity index (χ3n) is 4.28. The van der Waals surface area contributed by atoms with E-state index in [1.165, 1.54) is 0 Å². The summed E-state index contributed by atoms with van der Waals surface area (Å²) in [5, 5.41) is 11.5. The van der Waals surface area contributed by atoms with Crippen molar-refractivity contribution in [2.24, 2.45) is 11.8 Å². The van der Waals surface area contributed by atoms with Crippen LogP contribution in [0.5, 0.6) is 0 Å². The lowest BCUT2D eigenvalue weighted by molar-refractivity contribution is 0.0684. The van der Waals surface area contributed by atoms with E-state index in [0.29, 0.717) is 17.5 Å². The summed E-state index contributed by atoms with van der Waals surface area (Å²) in [6, 6.07) is 0. The number of hydrogen-bond acceptors (Lipinski definition) is 4. The molecule has 1 fully saturated rings. The van der Waals surface area contributed by atoms with E-state index in [1.807, 2.05) is 4.90 Å². The fourth-order valence-electron chi connectivity index (χ4n) is 2.75. The summed E-state index contributed by atoms with van der Waals surface area (Å²) in [7, 11) is 0. The summed E-state index contributed by atoms with van der Waals surface area (Å²) in [5.74, 6) is 1.34. The maximum atomic E-state index is 12.5. The highest BCUT2D eigenvalue weighted by Gasteiger charge is 2.25. The molecule has 0 saturated carbocycles. The Hall–Kier alpha value is -1.14. The number of carbonyl (C=O) groups excluding carboxylic acids is 1. The van der Waals surface area contributed by atoms with Crippen molar-refractivity contribution < 1.29 is 4.79 Å². The van der Waals surface area contributed by atoms with Crippen molar-refractivity contribution in [1.82, 2.24) is 25.2 Å². The third-order valence-corrected chi connectivity index (χ3v) is 4.28. The van der Waals surface area contributed by atoms with E-state index < -0.39 is 0 Å². The number of halogens is 1. The molecular weight excluding hydrogens is 314 g/mol. The van der Waals surface area contributed by atoms with E-state index in [0.717, 1.165) is 52.0 Å². The molecule has 1 amide bonds. The molecule has 6 nitrogen and oxygen atoms in total. The molecule has 0 radical (unpaired) electrons. The van der Waals surface area contributed by atoms with Crippen molar-refractivity contribution in [1.29, 1.82) is 0 Å². The van der Waals surface area contributed by atoms with E-state index in [4.69, 9.17) is 0 Å². The second kappa shape index (κ2) is 9.88. The minimum atomic E-state index is 0. The van der Waals surface area contributed by atoms with Crippen LogP contribution in [0.4, 0.5) is 0 Å². The molecule has 0 bridgehead atoms. The number of carbonyl (C=O) groups is 1. The number of nitrogens with zero attached hydrogens (tertiary/aromatic N) is 4. The first-order chi connectivity index (χ1) is 10.6. The highest BCUT2D eigenvalue weighted by molar-refractivity contribution is 5.91. The summed E-state index contributed by atoms with van der Waals surface area (Å²) < 4.78 is 1.78. The molecule has 132 valence electrons. The van der Waals surface area contributed by atoms with Crippen molar-refractivity contribution in [3.63, 3.8) is 0 Å². The first kappa shape index (κ1) is 19.9. The first-order valence-corrected chi connectivity index (χ1v) is 8.50. The fraction of sp³-hybridized carbons (Fsp3) is 0.812. The van der Waals surface area contributed by atoms with Gasteiger partial charge in [0.1, 0.15) is 0 Å². The molecule has 1 aliphatic rings. The minimum absolute atomic E-state index is 0. The van der Waals surface area contributed by atoms with Crippen LogP contribution in [-0.2, 0) is 6.54 Å². The Morgan fingerprint density at radius 1 is 1.39 bits per heavy atom.